The number of halogens is 1. The minimum atomic E-state index is -0.259. The fraction of sp³-hybridized carbons (Fsp3) is 0.793. The highest BCUT2D eigenvalue weighted by Gasteiger charge is 2.47. The van der Waals surface area contributed by atoms with Crippen molar-refractivity contribution < 1.29 is 19.4 Å². The molecule has 226 valence electrons. The van der Waals surface area contributed by atoms with Crippen molar-refractivity contribution in [3.63, 3.8) is 0 Å². The smallest absolute Gasteiger partial charge is 0.312 e. The maximum absolute atomic E-state index is 12.9. The number of rotatable bonds is 9. The minimum absolute atomic E-state index is 0. The summed E-state index contributed by atoms with van der Waals surface area (Å²) in [4.78, 5) is 37.3. The number of H-pyrrole nitrogens is 1. The Bertz CT molecular complexity index is 1090. The molecule has 5 rings (SSSR count). The van der Waals surface area contributed by atoms with Crippen LogP contribution in [-0.2, 0) is 14.3 Å². The number of carbonyl (C=O) groups excluding carboxylic acids is 1. The average molecular weight is 582 g/mol. The number of hydrogen-bond donors (Lipinski definition) is 2. The summed E-state index contributed by atoms with van der Waals surface area (Å²) in [6, 6.07) is 0. The number of nitrogens with zero attached hydrogens (tertiary/aromatic N) is 4. The standard InChI is InChI=1S/C19H35NO2.C10H12N4O3.ClH/c1-3-20(4-2)15-16-22-18(21)19(13-9-6-10-14-19)17-11-7-5-8-12-17;15-3-6-1-2-7(17-6)14-5-13-8-9(14)11-4-12-10(8)16;/h17H,3-16H2,1-2H3;4-7,15H,1-3H2,(H,11,12,16);1H/t;6-,7+;/m.0./s1. The number of hydrogen-bond acceptors (Lipinski definition) is 8. The van der Waals surface area contributed by atoms with E-state index >= 15 is 0 Å². The number of esters is 1. The van der Waals surface area contributed by atoms with Gasteiger partial charge in [-0.25, -0.2) is 9.97 Å². The van der Waals surface area contributed by atoms with Crippen LogP contribution in [0.25, 0.3) is 11.2 Å². The van der Waals surface area contributed by atoms with Gasteiger partial charge in [0.1, 0.15) is 12.8 Å². The number of fused-ring (bicyclic) bond motifs is 1. The van der Waals surface area contributed by atoms with E-state index in [4.69, 9.17) is 14.6 Å². The lowest BCUT2D eigenvalue weighted by Crippen LogP contribution is -2.43. The number of ether oxygens (including phenoxy) is 2. The van der Waals surface area contributed by atoms with Crippen LogP contribution in [0, 0.1) is 11.3 Å². The third kappa shape index (κ3) is 7.63. The number of nitrogens with one attached hydrogen (secondary N) is 1. The van der Waals surface area contributed by atoms with Crippen molar-refractivity contribution in [1.82, 2.24) is 24.4 Å². The van der Waals surface area contributed by atoms with Gasteiger partial charge in [-0.15, -0.1) is 12.4 Å². The Morgan fingerprint density at radius 1 is 1.10 bits per heavy atom. The van der Waals surface area contributed by atoms with Gasteiger partial charge in [0, 0.05) is 6.54 Å². The lowest BCUT2D eigenvalue weighted by Gasteiger charge is -2.43. The molecule has 0 amide bonds. The number of aromatic nitrogens is 4. The second-order valence-electron chi connectivity index (χ2n) is 11.2. The van der Waals surface area contributed by atoms with Gasteiger partial charge in [0.25, 0.3) is 5.56 Å². The minimum Gasteiger partial charge on any atom is -0.464 e. The molecule has 1 saturated heterocycles. The zero-order valence-corrected chi connectivity index (χ0v) is 25.0. The molecule has 0 radical (unpaired) electrons. The van der Waals surface area contributed by atoms with E-state index in [9.17, 15) is 9.59 Å². The zero-order chi connectivity index (χ0) is 27.7. The van der Waals surface area contributed by atoms with E-state index in [0.29, 0.717) is 23.7 Å². The van der Waals surface area contributed by atoms with Crippen molar-refractivity contribution in [2.45, 2.75) is 103 Å². The van der Waals surface area contributed by atoms with Gasteiger partial charge in [0.2, 0.25) is 0 Å². The molecule has 3 aliphatic rings. The largest absolute Gasteiger partial charge is 0.464 e. The average Bonchev–Trinajstić information content (AvgIpc) is 3.64. The first-order valence-corrected chi connectivity index (χ1v) is 15.1. The third-order valence-electron chi connectivity index (χ3n) is 9.04. The molecule has 2 N–H and O–H groups in total. The maximum Gasteiger partial charge on any atom is 0.312 e. The van der Waals surface area contributed by atoms with Crippen LogP contribution in [0.2, 0.25) is 0 Å². The molecule has 2 atom stereocenters. The number of likely N-dealkylation sites (N-methyl/N-ethyl adjacent to an activating group) is 1. The normalized spacial score (nSPS) is 22.9. The topological polar surface area (TPSA) is 123 Å². The third-order valence-corrected chi connectivity index (χ3v) is 9.04. The Labute approximate surface area is 243 Å². The highest BCUT2D eigenvalue weighted by molar-refractivity contribution is 5.85. The van der Waals surface area contributed by atoms with Crippen LogP contribution >= 0.6 is 12.4 Å². The summed E-state index contributed by atoms with van der Waals surface area (Å²) >= 11 is 0. The van der Waals surface area contributed by atoms with Crippen molar-refractivity contribution in [1.29, 1.82) is 0 Å². The van der Waals surface area contributed by atoms with E-state index in [1.807, 2.05) is 0 Å². The first kappa shape index (κ1) is 32.5. The van der Waals surface area contributed by atoms with Crippen LogP contribution in [0.4, 0.5) is 0 Å². The molecule has 0 aromatic carbocycles. The van der Waals surface area contributed by atoms with E-state index in [0.717, 1.165) is 45.3 Å². The summed E-state index contributed by atoms with van der Waals surface area (Å²) in [5.41, 5.74) is 0.424. The summed E-state index contributed by atoms with van der Waals surface area (Å²) in [7, 11) is 0. The molecule has 2 saturated carbocycles. The summed E-state index contributed by atoms with van der Waals surface area (Å²) in [5, 5.41) is 9.02. The quantitative estimate of drug-likeness (QED) is 0.412. The van der Waals surface area contributed by atoms with Crippen LogP contribution in [0.15, 0.2) is 17.4 Å². The van der Waals surface area contributed by atoms with E-state index in [1.165, 1.54) is 57.7 Å². The van der Waals surface area contributed by atoms with Gasteiger partial charge in [0.05, 0.1) is 30.8 Å². The lowest BCUT2D eigenvalue weighted by atomic mass is 9.62. The van der Waals surface area contributed by atoms with E-state index in [-0.39, 0.29) is 48.3 Å². The van der Waals surface area contributed by atoms with Crippen LogP contribution < -0.4 is 5.56 Å². The summed E-state index contributed by atoms with van der Waals surface area (Å²) < 4.78 is 13.2. The van der Waals surface area contributed by atoms with Crippen molar-refractivity contribution in [2.75, 3.05) is 32.8 Å². The Balaban J connectivity index is 0.000000221. The number of aliphatic hydroxyl groups is 1. The Kier molecular flexibility index (Phi) is 12.9. The molecule has 11 heteroatoms. The van der Waals surface area contributed by atoms with E-state index < -0.39 is 0 Å². The van der Waals surface area contributed by atoms with Crippen LogP contribution in [0.3, 0.4) is 0 Å². The molecule has 10 nitrogen and oxygen atoms in total. The Morgan fingerprint density at radius 2 is 1.80 bits per heavy atom. The predicted octanol–water partition coefficient (Wildman–Crippen LogP) is 4.61. The number of imidazole rings is 1. The van der Waals surface area contributed by atoms with Gasteiger partial charge in [-0.05, 0) is 57.5 Å². The molecule has 0 spiro atoms. The van der Waals surface area contributed by atoms with Crippen LogP contribution in [0.5, 0.6) is 0 Å². The number of aromatic amines is 1. The van der Waals surface area contributed by atoms with Gasteiger partial charge in [-0.2, -0.15) is 0 Å². The van der Waals surface area contributed by atoms with Gasteiger partial charge < -0.3 is 24.5 Å². The molecular formula is C29H48ClN5O5. The lowest BCUT2D eigenvalue weighted by molar-refractivity contribution is -0.164. The van der Waals surface area contributed by atoms with Crippen LogP contribution in [0.1, 0.15) is 97.1 Å². The summed E-state index contributed by atoms with van der Waals surface area (Å²) in [6.07, 6.45) is 16.4. The zero-order valence-electron chi connectivity index (χ0n) is 24.2. The van der Waals surface area contributed by atoms with Crippen LogP contribution in [-0.4, -0.2) is 74.4 Å². The van der Waals surface area contributed by atoms with Crippen molar-refractivity contribution in [3.05, 3.63) is 23.0 Å². The molecule has 3 heterocycles. The van der Waals surface area contributed by atoms with Crippen molar-refractivity contribution >= 4 is 29.5 Å². The summed E-state index contributed by atoms with van der Waals surface area (Å²) in [5.74, 6) is 0.716. The Hall–Kier alpha value is -2.01. The molecule has 3 fully saturated rings. The molecule has 2 aliphatic carbocycles. The van der Waals surface area contributed by atoms with Gasteiger partial charge in [-0.3, -0.25) is 14.2 Å². The number of aliphatic hydroxyl groups excluding tert-OH is 1. The SMILES string of the molecule is CCN(CC)CCOC(=O)C1(C2CCCCC2)CCCCC1.Cl.O=c1[nH]cnc2c1ncn2[C@H]1CC[C@@H](CO)O1. The van der Waals surface area contributed by atoms with Crippen molar-refractivity contribution in [3.8, 4) is 0 Å². The fourth-order valence-corrected chi connectivity index (χ4v) is 6.67. The van der Waals surface area contributed by atoms with Crippen molar-refractivity contribution in [2.24, 2.45) is 11.3 Å². The number of carbonyl (C=O) groups is 1. The highest BCUT2D eigenvalue weighted by Crippen LogP contribution is 2.49. The monoisotopic (exact) mass is 581 g/mol. The molecule has 2 aromatic rings. The Morgan fingerprint density at radius 3 is 2.45 bits per heavy atom. The molecule has 0 bridgehead atoms. The molecule has 0 unspecified atom stereocenters. The predicted molar refractivity (Wildman–Crippen MR) is 156 cm³/mol. The first-order valence-electron chi connectivity index (χ1n) is 15.1. The summed E-state index contributed by atoms with van der Waals surface area (Å²) in [6.45, 7) is 7.83. The van der Waals surface area contributed by atoms with Gasteiger partial charge >= 0.3 is 5.97 Å². The van der Waals surface area contributed by atoms with Gasteiger partial charge in [-0.1, -0.05) is 52.4 Å². The molecular weight excluding hydrogens is 534 g/mol. The molecule has 1 aliphatic heterocycles. The second kappa shape index (κ2) is 15.8. The van der Waals surface area contributed by atoms with E-state index in [2.05, 4.69) is 33.7 Å². The molecule has 2 aromatic heterocycles. The second-order valence-corrected chi connectivity index (χ2v) is 11.2. The first-order chi connectivity index (χ1) is 19.0. The fourth-order valence-electron chi connectivity index (χ4n) is 6.67. The molecule has 40 heavy (non-hydrogen) atoms. The van der Waals surface area contributed by atoms with E-state index in [1.54, 1.807) is 10.9 Å². The maximum atomic E-state index is 12.9. The highest BCUT2D eigenvalue weighted by atomic mass is 35.5. The van der Waals surface area contributed by atoms with Gasteiger partial charge in [0.15, 0.2) is 11.2 Å².